The maximum Gasteiger partial charge on any atom is 0.0628 e. The first-order chi connectivity index (χ1) is 7.85. The molecule has 2 rings (SSSR count). The van der Waals surface area contributed by atoms with E-state index in [1.165, 1.54) is 51.7 Å². The molecule has 3 heteroatoms. The van der Waals surface area contributed by atoms with Crippen molar-refractivity contribution in [1.82, 2.24) is 10.2 Å². The average molecular weight is 221 g/mol. The molecular weight excluding hydrogens is 198 g/mol. The second-order valence-corrected chi connectivity index (χ2v) is 5.41. The zero-order valence-corrected chi connectivity index (χ0v) is 10.2. The van der Waals surface area contributed by atoms with Gasteiger partial charge in [-0.3, -0.25) is 0 Å². The summed E-state index contributed by atoms with van der Waals surface area (Å²) < 4.78 is 0. The first-order valence-electron chi connectivity index (χ1n) is 6.65. The summed E-state index contributed by atoms with van der Waals surface area (Å²) in [6.07, 6.45) is 7.39. The first-order valence-corrected chi connectivity index (χ1v) is 6.65. The summed E-state index contributed by atoms with van der Waals surface area (Å²) >= 11 is 0. The zero-order chi connectivity index (χ0) is 11.3. The van der Waals surface area contributed by atoms with E-state index in [0.717, 1.165) is 19.5 Å². The van der Waals surface area contributed by atoms with Gasteiger partial charge >= 0.3 is 0 Å². The Bertz CT molecular complexity index is 246. The zero-order valence-electron chi connectivity index (χ0n) is 10.2. The molecule has 0 radical (unpaired) electrons. The predicted molar refractivity (Wildman–Crippen MR) is 65.1 cm³/mol. The van der Waals surface area contributed by atoms with Gasteiger partial charge in [0.1, 0.15) is 0 Å². The largest absolute Gasteiger partial charge is 0.315 e. The number of nitrogens with zero attached hydrogens (tertiary/aromatic N) is 2. The van der Waals surface area contributed by atoms with Crippen LogP contribution in [0.1, 0.15) is 38.5 Å². The highest BCUT2D eigenvalue weighted by Gasteiger charge is 2.41. The Morgan fingerprint density at radius 2 is 1.94 bits per heavy atom. The van der Waals surface area contributed by atoms with Crippen molar-refractivity contribution in [3.05, 3.63) is 0 Å². The Labute approximate surface area is 98.8 Å². The Balaban J connectivity index is 1.53. The van der Waals surface area contributed by atoms with Crippen LogP contribution in [-0.4, -0.2) is 37.6 Å². The van der Waals surface area contributed by atoms with Gasteiger partial charge in [0, 0.05) is 26.1 Å². The Kier molecular flexibility index (Phi) is 4.20. The lowest BCUT2D eigenvalue weighted by Crippen LogP contribution is -2.37. The van der Waals surface area contributed by atoms with Crippen LogP contribution in [0.4, 0.5) is 0 Å². The highest BCUT2D eigenvalue weighted by molar-refractivity contribution is 5.00. The van der Waals surface area contributed by atoms with Gasteiger partial charge in [-0.25, -0.2) is 0 Å². The van der Waals surface area contributed by atoms with E-state index in [2.05, 4.69) is 16.3 Å². The summed E-state index contributed by atoms with van der Waals surface area (Å²) in [5.74, 6) is 0. The highest BCUT2D eigenvalue weighted by atomic mass is 15.1. The summed E-state index contributed by atoms with van der Waals surface area (Å²) in [5.41, 5.74) is 0.358. The SMILES string of the molecule is N#CCC1(CNCCN2CCCCC2)CC1. The van der Waals surface area contributed by atoms with Crippen LogP contribution < -0.4 is 5.32 Å². The van der Waals surface area contributed by atoms with Crippen molar-refractivity contribution in [2.24, 2.45) is 5.41 Å². The van der Waals surface area contributed by atoms with Gasteiger partial charge < -0.3 is 10.2 Å². The quantitative estimate of drug-likeness (QED) is 0.695. The van der Waals surface area contributed by atoms with E-state index in [1.807, 2.05) is 0 Å². The van der Waals surface area contributed by atoms with Crippen molar-refractivity contribution >= 4 is 0 Å². The van der Waals surface area contributed by atoms with Crippen LogP contribution >= 0.6 is 0 Å². The predicted octanol–water partition coefficient (Wildman–Crippen LogP) is 1.76. The van der Waals surface area contributed by atoms with Gasteiger partial charge in [0.05, 0.1) is 6.07 Å². The summed E-state index contributed by atoms with van der Waals surface area (Å²) in [6, 6.07) is 2.31. The molecule has 1 aliphatic heterocycles. The van der Waals surface area contributed by atoms with Crippen LogP contribution in [0.15, 0.2) is 0 Å². The van der Waals surface area contributed by atoms with Crippen molar-refractivity contribution in [1.29, 1.82) is 5.26 Å². The number of piperidine rings is 1. The normalized spacial score (nSPS) is 23.9. The number of nitriles is 1. The van der Waals surface area contributed by atoms with Crippen LogP contribution in [0.25, 0.3) is 0 Å². The minimum Gasteiger partial charge on any atom is -0.315 e. The summed E-state index contributed by atoms with van der Waals surface area (Å²) in [6.45, 7) is 5.89. The van der Waals surface area contributed by atoms with E-state index in [0.29, 0.717) is 5.41 Å². The standard InChI is InChI=1S/C13H23N3/c14-7-6-13(4-5-13)12-15-8-11-16-9-2-1-3-10-16/h15H,1-6,8-12H2. The third-order valence-corrected chi connectivity index (χ3v) is 3.96. The van der Waals surface area contributed by atoms with Gasteiger partial charge in [-0.1, -0.05) is 6.42 Å². The Hall–Kier alpha value is -0.590. The van der Waals surface area contributed by atoms with Crippen LogP contribution in [0, 0.1) is 16.7 Å². The van der Waals surface area contributed by atoms with Crippen molar-refractivity contribution in [2.45, 2.75) is 38.5 Å². The maximum atomic E-state index is 8.72. The summed E-state index contributed by atoms with van der Waals surface area (Å²) in [7, 11) is 0. The lowest BCUT2D eigenvalue weighted by atomic mass is 10.0. The van der Waals surface area contributed by atoms with Gasteiger partial charge in [0.2, 0.25) is 0 Å². The molecule has 0 atom stereocenters. The highest BCUT2D eigenvalue weighted by Crippen LogP contribution is 2.47. The molecule has 1 saturated carbocycles. The van der Waals surface area contributed by atoms with Crippen molar-refractivity contribution in [2.75, 3.05) is 32.7 Å². The summed E-state index contributed by atoms with van der Waals surface area (Å²) in [4.78, 5) is 2.56. The molecule has 1 saturated heterocycles. The number of hydrogen-bond acceptors (Lipinski definition) is 3. The lowest BCUT2D eigenvalue weighted by Gasteiger charge is -2.26. The monoisotopic (exact) mass is 221 g/mol. The molecule has 0 aromatic carbocycles. The van der Waals surface area contributed by atoms with Crippen LogP contribution in [0.2, 0.25) is 0 Å². The van der Waals surface area contributed by atoms with Gasteiger partial charge in [0.25, 0.3) is 0 Å². The van der Waals surface area contributed by atoms with E-state index in [4.69, 9.17) is 5.26 Å². The van der Waals surface area contributed by atoms with Crippen molar-refractivity contribution in [3.63, 3.8) is 0 Å². The fourth-order valence-corrected chi connectivity index (χ4v) is 2.53. The molecule has 2 aliphatic rings. The molecule has 0 aromatic heterocycles. The minimum atomic E-state index is 0.358. The van der Waals surface area contributed by atoms with Gasteiger partial charge in [-0.2, -0.15) is 5.26 Å². The lowest BCUT2D eigenvalue weighted by molar-refractivity contribution is 0.227. The number of rotatable bonds is 6. The summed E-state index contributed by atoms with van der Waals surface area (Å²) in [5, 5.41) is 12.2. The fraction of sp³-hybridized carbons (Fsp3) is 0.923. The molecule has 0 aromatic rings. The van der Waals surface area contributed by atoms with Gasteiger partial charge in [0.15, 0.2) is 0 Å². The van der Waals surface area contributed by atoms with Gasteiger partial charge in [-0.15, -0.1) is 0 Å². The maximum absolute atomic E-state index is 8.72. The Morgan fingerprint density at radius 3 is 2.56 bits per heavy atom. The molecular formula is C13H23N3. The first kappa shape index (κ1) is 11.9. The molecule has 0 spiro atoms. The topological polar surface area (TPSA) is 39.1 Å². The molecule has 0 bridgehead atoms. The average Bonchev–Trinajstić information content (AvgIpc) is 3.07. The third kappa shape index (κ3) is 3.47. The number of likely N-dealkylation sites (tertiary alicyclic amines) is 1. The molecule has 1 N–H and O–H groups in total. The number of hydrogen-bond donors (Lipinski definition) is 1. The van der Waals surface area contributed by atoms with Crippen molar-refractivity contribution in [3.8, 4) is 6.07 Å². The van der Waals surface area contributed by atoms with E-state index >= 15 is 0 Å². The van der Waals surface area contributed by atoms with Crippen LogP contribution in [0.3, 0.4) is 0 Å². The van der Waals surface area contributed by atoms with Gasteiger partial charge in [-0.05, 0) is 44.2 Å². The Morgan fingerprint density at radius 1 is 1.19 bits per heavy atom. The second-order valence-electron chi connectivity index (χ2n) is 5.41. The molecule has 1 heterocycles. The molecule has 1 aliphatic carbocycles. The van der Waals surface area contributed by atoms with E-state index in [-0.39, 0.29) is 0 Å². The van der Waals surface area contributed by atoms with E-state index in [9.17, 15) is 0 Å². The second kappa shape index (κ2) is 5.65. The van der Waals surface area contributed by atoms with E-state index in [1.54, 1.807) is 0 Å². The van der Waals surface area contributed by atoms with Crippen LogP contribution in [-0.2, 0) is 0 Å². The molecule has 16 heavy (non-hydrogen) atoms. The fourth-order valence-electron chi connectivity index (χ4n) is 2.53. The minimum absolute atomic E-state index is 0.358. The van der Waals surface area contributed by atoms with E-state index < -0.39 is 0 Å². The molecule has 90 valence electrons. The number of nitrogens with one attached hydrogen (secondary N) is 1. The smallest absolute Gasteiger partial charge is 0.0628 e. The molecule has 0 unspecified atom stereocenters. The molecule has 3 nitrogen and oxygen atoms in total. The van der Waals surface area contributed by atoms with Crippen molar-refractivity contribution < 1.29 is 0 Å². The molecule has 0 amide bonds. The molecule has 2 fully saturated rings. The van der Waals surface area contributed by atoms with Crippen LogP contribution in [0.5, 0.6) is 0 Å². The third-order valence-electron chi connectivity index (χ3n) is 3.96.